The second-order valence-corrected chi connectivity index (χ2v) is 11.2. The molecular weight excluding hydrogens is 508 g/mol. The Morgan fingerprint density at radius 1 is 0.927 bits per heavy atom. The van der Waals surface area contributed by atoms with Gasteiger partial charge in [-0.2, -0.15) is 0 Å². The Hall–Kier alpha value is -3.71. The summed E-state index contributed by atoms with van der Waals surface area (Å²) < 4.78 is 0. The maximum atomic E-state index is 10.4. The van der Waals surface area contributed by atoms with Crippen LogP contribution in [0.2, 0.25) is 0 Å². The normalized spacial score (nSPS) is 14.1. The van der Waals surface area contributed by atoms with Crippen LogP contribution >= 0.6 is 0 Å². The number of carbonyl (C=O) groups excluding carboxylic acids is 1. The standard InChI is InChI=1S/C28H33N5.C5H11NO.CH4/c1-7-19-16(4)26-12-28-20(13-29)17(5)25(33-28)10-21-14(2)8-23(30-21)18(6)24-9-15(3)22(31-24)11-27(19)32-26;1-4-5(7)6(2)3;/h9-12,14,32-33H,7-8,13,29H2,1-6H3;4H2,1-3H3;1H4. The van der Waals surface area contributed by atoms with Crippen LogP contribution in [0.15, 0.2) is 18.2 Å². The highest BCUT2D eigenvalue weighted by molar-refractivity contribution is 5.85. The van der Waals surface area contributed by atoms with E-state index < -0.39 is 0 Å². The van der Waals surface area contributed by atoms with Gasteiger partial charge in [0, 0.05) is 66.4 Å². The van der Waals surface area contributed by atoms with Gasteiger partial charge in [-0.25, -0.2) is 4.98 Å². The van der Waals surface area contributed by atoms with E-state index in [1.807, 2.05) is 6.92 Å². The number of aromatic amines is 2. The molecule has 1 amide bonds. The molecule has 8 bridgehead atoms. The average Bonchev–Trinajstić information content (AvgIpc) is 3.64. The number of H-pyrrole nitrogens is 2. The van der Waals surface area contributed by atoms with Gasteiger partial charge >= 0.3 is 0 Å². The predicted molar refractivity (Wildman–Crippen MR) is 174 cm³/mol. The van der Waals surface area contributed by atoms with E-state index in [1.165, 1.54) is 27.8 Å². The molecule has 1 unspecified atom stereocenters. The van der Waals surface area contributed by atoms with Crippen LogP contribution in [0.5, 0.6) is 0 Å². The van der Waals surface area contributed by atoms with Crippen LogP contribution < -0.4 is 5.73 Å². The van der Waals surface area contributed by atoms with Gasteiger partial charge < -0.3 is 20.6 Å². The third-order valence-corrected chi connectivity index (χ3v) is 8.21. The van der Waals surface area contributed by atoms with Crippen LogP contribution in [0.25, 0.3) is 33.7 Å². The van der Waals surface area contributed by atoms with Crippen molar-refractivity contribution in [3.8, 4) is 0 Å². The first-order valence-electron chi connectivity index (χ1n) is 14.3. The Kier molecular flexibility index (Phi) is 9.98. The Bertz CT molecular complexity index is 1640. The largest absolute Gasteiger partial charge is 0.355 e. The highest BCUT2D eigenvalue weighted by atomic mass is 16.2. The molecule has 2 aliphatic heterocycles. The minimum absolute atomic E-state index is 0. The molecule has 0 aliphatic carbocycles. The molecule has 7 nitrogen and oxygen atoms in total. The number of fused-ring (bicyclic) bond motifs is 8. The van der Waals surface area contributed by atoms with Crippen LogP contribution in [-0.2, 0) is 24.2 Å². The smallest absolute Gasteiger partial charge is 0.221 e. The third-order valence-electron chi connectivity index (χ3n) is 8.21. The highest BCUT2D eigenvalue weighted by Crippen LogP contribution is 2.31. The number of hydrogen-bond donors (Lipinski definition) is 3. The molecule has 0 fully saturated rings. The number of aromatic nitrogens is 4. The fourth-order valence-electron chi connectivity index (χ4n) is 5.49. The van der Waals surface area contributed by atoms with Gasteiger partial charge in [-0.1, -0.05) is 28.2 Å². The molecule has 0 radical (unpaired) electrons. The van der Waals surface area contributed by atoms with Gasteiger partial charge in [0.05, 0.1) is 11.4 Å². The zero-order valence-electron chi connectivity index (χ0n) is 25.5. The van der Waals surface area contributed by atoms with Crippen molar-refractivity contribution in [3.63, 3.8) is 0 Å². The number of aryl methyl sites for hydroxylation is 3. The number of allylic oxidation sites excluding steroid dienone is 1. The van der Waals surface area contributed by atoms with Gasteiger partial charge in [0.15, 0.2) is 0 Å². The van der Waals surface area contributed by atoms with Crippen molar-refractivity contribution in [2.75, 3.05) is 14.1 Å². The lowest BCUT2D eigenvalue weighted by Gasteiger charge is -2.05. The fraction of sp³-hybridized carbons (Fsp3) is 0.441. The van der Waals surface area contributed by atoms with Gasteiger partial charge in [0.2, 0.25) is 5.91 Å². The summed E-state index contributed by atoms with van der Waals surface area (Å²) in [6.07, 6.45) is 4.69. The minimum Gasteiger partial charge on any atom is -0.355 e. The van der Waals surface area contributed by atoms with Crippen molar-refractivity contribution in [2.24, 2.45) is 5.73 Å². The Morgan fingerprint density at radius 3 is 2.10 bits per heavy atom. The van der Waals surface area contributed by atoms with E-state index in [2.05, 4.69) is 75.8 Å². The van der Waals surface area contributed by atoms with Crippen molar-refractivity contribution in [3.05, 3.63) is 68.8 Å². The van der Waals surface area contributed by atoms with Gasteiger partial charge in [-0.15, -0.1) is 0 Å². The maximum Gasteiger partial charge on any atom is 0.221 e. The van der Waals surface area contributed by atoms with Crippen molar-refractivity contribution in [1.82, 2.24) is 24.8 Å². The summed E-state index contributed by atoms with van der Waals surface area (Å²) in [4.78, 5) is 29.4. The number of hydrogen-bond acceptors (Lipinski definition) is 4. The van der Waals surface area contributed by atoms with E-state index in [0.29, 0.717) is 18.9 Å². The summed E-state index contributed by atoms with van der Waals surface area (Å²) in [5, 5.41) is 0. The van der Waals surface area contributed by atoms with Crippen molar-refractivity contribution in [1.29, 1.82) is 0 Å². The quantitative estimate of drug-likeness (QED) is 0.315. The number of nitrogens with two attached hydrogens (primary N) is 1. The Balaban J connectivity index is 0.000000516. The molecule has 1 atom stereocenters. The molecule has 5 heterocycles. The second-order valence-electron chi connectivity index (χ2n) is 11.2. The average molecular weight is 557 g/mol. The van der Waals surface area contributed by atoms with Gasteiger partial charge in [0.1, 0.15) is 0 Å². The number of nitrogens with zero attached hydrogens (tertiary/aromatic N) is 3. The van der Waals surface area contributed by atoms with Crippen LogP contribution in [0.4, 0.5) is 0 Å². The van der Waals surface area contributed by atoms with Crippen LogP contribution in [0, 0.1) is 20.8 Å². The lowest BCUT2D eigenvalue weighted by Crippen LogP contribution is -2.19. The molecule has 41 heavy (non-hydrogen) atoms. The second kappa shape index (κ2) is 12.9. The lowest BCUT2D eigenvalue weighted by atomic mass is 10.0. The molecule has 4 N–H and O–H groups in total. The summed E-state index contributed by atoms with van der Waals surface area (Å²) >= 11 is 0. The number of rotatable bonds is 3. The Morgan fingerprint density at radius 2 is 1.54 bits per heavy atom. The van der Waals surface area contributed by atoms with E-state index in [0.717, 1.165) is 63.2 Å². The monoisotopic (exact) mass is 556 g/mol. The molecule has 0 saturated heterocycles. The molecule has 0 spiro atoms. The highest BCUT2D eigenvalue weighted by Gasteiger charge is 2.20. The summed E-state index contributed by atoms with van der Waals surface area (Å²) in [6, 6.07) is 6.60. The zero-order chi connectivity index (χ0) is 29.3. The summed E-state index contributed by atoms with van der Waals surface area (Å²) in [6.45, 7) is 15.4. The first-order chi connectivity index (χ1) is 19.0. The molecular formula is C34H48N6O. The maximum absolute atomic E-state index is 10.4. The van der Waals surface area contributed by atoms with Crippen molar-refractivity contribution >= 4 is 39.6 Å². The topological polar surface area (TPSA) is 104 Å². The lowest BCUT2D eigenvalue weighted by molar-refractivity contribution is -0.128. The first-order valence-corrected chi connectivity index (χ1v) is 14.3. The number of nitrogens with one attached hydrogen (secondary N) is 2. The van der Waals surface area contributed by atoms with Crippen molar-refractivity contribution in [2.45, 2.75) is 87.6 Å². The molecule has 220 valence electrons. The van der Waals surface area contributed by atoms with E-state index in [-0.39, 0.29) is 13.3 Å². The van der Waals surface area contributed by atoms with E-state index in [1.54, 1.807) is 19.0 Å². The van der Waals surface area contributed by atoms with Crippen LogP contribution in [0.1, 0.15) is 98.1 Å². The fourth-order valence-corrected chi connectivity index (χ4v) is 5.49. The number of amides is 1. The van der Waals surface area contributed by atoms with E-state index in [9.17, 15) is 4.79 Å². The van der Waals surface area contributed by atoms with Crippen molar-refractivity contribution < 1.29 is 4.79 Å². The third kappa shape index (κ3) is 6.30. The van der Waals surface area contributed by atoms with E-state index >= 15 is 0 Å². The molecule has 0 saturated carbocycles. The number of carbonyl (C=O) groups is 1. The minimum atomic E-state index is 0. The summed E-state index contributed by atoms with van der Waals surface area (Å²) in [5.74, 6) is 0.545. The van der Waals surface area contributed by atoms with Gasteiger partial charge in [-0.05, 0) is 98.2 Å². The predicted octanol–water partition coefficient (Wildman–Crippen LogP) is 7.29. The summed E-state index contributed by atoms with van der Waals surface area (Å²) in [7, 11) is 3.51. The molecule has 2 aliphatic rings. The Labute approximate surface area is 245 Å². The van der Waals surface area contributed by atoms with Gasteiger partial charge in [0.25, 0.3) is 0 Å². The van der Waals surface area contributed by atoms with Crippen LogP contribution in [-0.4, -0.2) is 44.8 Å². The SMILES string of the molecule is C.CCC(=O)N(C)C.CCc1c(C)c2cc3[nH]c(cc4nc(c(C)c5nc(cc1[nH]2)C(C)=C5)CC4C)c(C)c3CN. The molecule has 3 aromatic heterocycles. The zero-order valence-corrected chi connectivity index (χ0v) is 25.5. The first kappa shape index (κ1) is 31.8. The van der Waals surface area contributed by atoms with Gasteiger partial charge in [-0.3, -0.25) is 9.78 Å². The molecule has 0 aromatic carbocycles. The summed E-state index contributed by atoms with van der Waals surface area (Å²) in [5.41, 5.74) is 22.2. The molecule has 3 aromatic rings. The molecule has 5 rings (SSSR count). The van der Waals surface area contributed by atoms with E-state index in [4.69, 9.17) is 15.7 Å². The molecule has 7 heteroatoms. The van der Waals surface area contributed by atoms with Crippen LogP contribution in [0.3, 0.4) is 0 Å².